The van der Waals surface area contributed by atoms with Gasteiger partial charge in [-0.05, 0) is 32.1 Å². The summed E-state index contributed by atoms with van der Waals surface area (Å²) in [7, 11) is -5.13. The molecular weight excluding hydrogens is 852 g/mol. The molecule has 1 rings (SSSR count). The van der Waals surface area contributed by atoms with Crippen molar-refractivity contribution in [3.63, 3.8) is 0 Å². The summed E-state index contributed by atoms with van der Waals surface area (Å²) in [6.45, 7) is 3.27. The SMILES string of the molecule is CCCCCCCC/C=C/C/C=C/CCC(=O)OC(COC(=O)CCCCCCCCCCCCCCCCCCCCCCCCC)COP(=O)(O)OC1C(O)C(O)C(O)[C@H](O)C1O. The molecule has 0 aromatic rings. The standard InChI is InChI=1S/C51H95O13P/c1-3-5-7-9-11-13-15-17-18-19-20-21-22-23-24-25-26-28-29-31-33-35-37-39-44(52)61-41-43(42-62-65(59,60)64-51-49(57)47(55)46(54)48(56)50(51)58)63-45(53)40-38-36-34-32-30-27-16-14-12-10-8-6-4-2/h27,30,34,36,43,46-51,54-58H,3-26,28-29,31-33,35,37-42H2,1-2H3,(H,59,60)/b30-27+,36-34+/t43?,46?,47-,48?,49?,50?,51?/m0/s1. The molecule has 6 N–H and O–H groups in total. The van der Waals surface area contributed by atoms with Crippen molar-refractivity contribution in [3.8, 4) is 0 Å². The predicted octanol–water partition coefficient (Wildman–Crippen LogP) is 11.2. The first kappa shape index (κ1) is 61.3. The minimum absolute atomic E-state index is 0.00617. The van der Waals surface area contributed by atoms with Crippen molar-refractivity contribution < 1.29 is 63.1 Å². The molecule has 0 aliphatic heterocycles. The molecule has 13 nitrogen and oxygen atoms in total. The van der Waals surface area contributed by atoms with Crippen molar-refractivity contribution in [3.05, 3.63) is 24.3 Å². The van der Waals surface area contributed by atoms with Gasteiger partial charge in [-0.3, -0.25) is 18.6 Å². The molecule has 382 valence electrons. The fraction of sp³-hybridized carbons (Fsp3) is 0.882. The van der Waals surface area contributed by atoms with Crippen LogP contribution < -0.4 is 0 Å². The van der Waals surface area contributed by atoms with Crippen LogP contribution in [0.3, 0.4) is 0 Å². The molecule has 1 aliphatic rings. The zero-order valence-corrected chi connectivity index (χ0v) is 41.7. The molecule has 1 saturated carbocycles. The van der Waals surface area contributed by atoms with E-state index in [0.717, 1.165) is 32.1 Å². The van der Waals surface area contributed by atoms with Gasteiger partial charge in [0.2, 0.25) is 0 Å². The van der Waals surface area contributed by atoms with Crippen LogP contribution in [-0.4, -0.2) is 98.3 Å². The average molecular weight is 947 g/mol. The largest absolute Gasteiger partial charge is 0.472 e. The van der Waals surface area contributed by atoms with Gasteiger partial charge in [0.25, 0.3) is 0 Å². The summed E-state index contributed by atoms with van der Waals surface area (Å²) in [6, 6.07) is 0. The molecule has 0 spiro atoms. The number of hydrogen-bond donors (Lipinski definition) is 6. The number of phosphoric ester groups is 1. The first-order chi connectivity index (χ1) is 31.4. The van der Waals surface area contributed by atoms with E-state index in [9.17, 15) is 44.6 Å². The second-order valence-electron chi connectivity index (χ2n) is 18.4. The van der Waals surface area contributed by atoms with Crippen LogP contribution in [0.25, 0.3) is 0 Å². The molecule has 0 heterocycles. The maximum Gasteiger partial charge on any atom is 0.472 e. The number of allylic oxidation sites excluding steroid dienone is 4. The van der Waals surface area contributed by atoms with Crippen LogP contribution in [0.1, 0.15) is 232 Å². The summed E-state index contributed by atoms with van der Waals surface area (Å²) in [5, 5.41) is 50.2. The topological polar surface area (TPSA) is 210 Å². The van der Waals surface area contributed by atoms with Crippen molar-refractivity contribution in [2.45, 2.75) is 275 Å². The molecule has 7 unspecified atom stereocenters. The van der Waals surface area contributed by atoms with Crippen molar-refractivity contribution in [1.82, 2.24) is 0 Å². The summed E-state index contributed by atoms with van der Waals surface area (Å²) in [5.74, 6) is -1.17. The summed E-state index contributed by atoms with van der Waals surface area (Å²) >= 11 is 0. The third-order valence-corrected chi connectivity index (χ3v) is 13.3. The fourth-order valence-electron chi connectivity index (χ4n) is 8.11. The van der Waals surface area contributed by atoms with Gasteiger partial charge in [0, 0.05) is 12.8 Å². The maximum absolute atomic E-state index is 12.8. The Bertz CT molecular complexity index is 1230. The van der Waals surface area contributed by atoms with Gasteiger partial charge in [-0.2, -0.15) is 0 Å². The molecule has 0 amide bonds. The summed E-state index contributed by atoms with van der Waals surface area (Å²) in [4.78, 5) is 35.7. The van der Waals surface area contributed by atoms with Crippen LogP contribution in [0, 0.1) is 0 Å². The zero-order valence-electron chi connectivity index (χ0n) is 40.8. The van der Waals surface area contributed by atoms with E-state index in [0.29, 0.717) is 12.8 Å². The lowest BCUT2D eigenvalue weighted by molar-refractivity contribution is -0.220. The van der Waals surface area contributed by atoms with Crippen LogP contribution in [0.4, 0.5) is 0 Å². The van der Waals surface area contributed by atoms with Crippen molar-refractivity contribution >= 4 is 19.8 Å². The molecule has 14 heteroatoms. The molecule has 1 fully saturated rings. The molecule has 0 aromatic heterocycles. The number of aliphatic hydroxyl groups excluding tert-OH is 5. The Hall–Kier alpha value is -1.67. The van der Waals surface area contributed by atoms with Crippen molar-refractivity contribution in [1.29, 1.82) is 0 Å². The molecule has 0 aromatic carbocycles. The van der Waals surface area contributed by atoms with E-state index in [1.807, 2.05) is 12.2 Å². The highest BCUT2D eigenvalue weighted by atomic mass is 31.2. The maximum atomic E-state index is 12.8. The number of carbonyl (C=O) groups excluding carboxylic acids is 2. The second kappa shape index (κ2) is 41.3. The number of carbonyl (C=O) groups is 2. The monoisotopic (exact) mass is 947 g/mol. The van der Waals surface area contributed by atoms with Crippen molar-refractivity contribution in [2.24, 2.45) is 0 Å². The smallest absolute Gasteiger partial charge is 0.462 e. The first-order valence-electron chi connectivity index (χ1n) is 26.1. The van der Waals surface area contributed by atoms with E-state index < -0.39 is 75.7 Å². The normalized spacial score (nSPS) is 21.5. The summed E-state index contributed by atoms with van der Waals surface area (Å²) in [6.07, 6.45) is 34.0. The van der Waals surface area contributed by atoms with Crippen LogP contribution in [0.15, 0.2) is 24.3 Å². The number of hydrogen-bond acceptors (Lipinski definition) is 12. The van der Waals surface area contributed by atoms with E-state index in [-0.39, 0.29) is 12.8 Å². The number of aliphatic hydroxyl groups is 5. The quantitative estimate of drug-likeness (QED) is 0.0146. The Labute approximate surface area is 394 Å². The lowest BCUT2D eigenvalue weighted by Gasteiger charge is -2.41. The van der Waals surface area contributed by atoms with Gasteiger partial charge in [-0.15, -0.1) is 0 Å². The van der Waals surface area contributed by atoms with Crippen molar-refractivity contribution in [2.75, 3.05) is 13.2 Å². The van der Waals surface area contributed by atoms with Gasteiger partial charge in [0.05, 0.1) is 6.61 Å². The Morgan fingerprint density at radius 2 is 0.862 bits per heavy atom. The molecule has 0 saturated heterocycles. The van der Waals surface area contributed by atoms with Crippen LogP contribution in [0.5, 0.6) is 0 Å². The Morgan fingerprint density at radius 3 is 1.31 bits per heavy atom. The van der Waals surface area contributed by atoms with E-state index in [1.165, 1.54) is 161 Å². The number of phosphoric acid groups is 1. The molecule has 1 aliphatic carbocycles. The van der Waals surface area contributed by atoms with E-state index in [2.05, 4.69) is 26.0 Å². The number of ether oxygens (including phenoxy) is 2. The van der Waals surface area contributed by atoms with Crippen LogP contribution >= 0.6 is 7.82 Å². The minimum atomic E-state index is -5.13. The highest BCUT2D eigenvalue weighted by Crippen LogP contribution is 2.47. The Kier molecular flexibility index (Phi) is 39.0. The predicted molar refractivity (Wildman–Crippen MR) is 258 cm³/mol. The zero-order chi connectivity index (χ0) is 47.8. The van der Waals surface area contributed by atoms with Gasteiger partial charge in [-0.25, -0.2) is 4.57 Å². The summed E-state index contributed by atoms with van der Waals surface area (Å²) in [5.41, 5.74) is 0. The highest BCUT2D eigenvalue weighted by Gasteiger charge is 2.51. The average Bonchev–Trinajstić information content (AvgIpc) is 3.29. The van der Waals surface area contributed by atoms with Gasteiger partial charge in [-0.1, -0.05) is 212 Å². The molecule has 0 bridgehead atoms. The number of esters is 2. The third-order valence-electron chi connectivity index (χ3n) is 12.3. The van der Waals surface area contributed by atoms with Gasteiger partial charge >= 0.3 is 19.8 Å². The van der Waals surface area contributed by atoms with Gasteiger partial charge < -0.3 is 39.9 Å². The molecule has 65 heavy (non-hydrogen) atoms. The molecular formula is C51H95O13P. The van der Waals surface area contributed by atoms with E-state index in [1.54, 1.807) is 0 Å². The van der Waals surface area contributed by atoms with E-state index >= 15 is 0 Å². The fourth-order valence-corrected chi connectivity index (χ4v) is 9.08. The third kappa shape index (κ3) is 33.5. The molecule has 8 atom stereocenters. The van der Waals surface area contributed by atoms with Crippen LogP contribution in [-0.2, 0) is 32.7 Å². The Balaban J connectivity index is 2.35. The molecule has 0 radical (unpaired) electrons. The summed E-state index contributed by atoms with van der Waals surface area (Å²) < 4.78 is 33.5. The van der Waals surface area contributed by atoms with Crippen LogP contribution in [0.2, 0.25) is 0 Å². The van der Waals surface area contributed by atoms with Gasteiger partial charge in [0.1, 0.15) is 43.2 Å². The minimum Gasteiger partial charge on any atom is -0.462 e. The lowest BCUT2D eigenvalue weighted by atomic mass is 9.85. The second-order valence-corrected chi connectivity index (χ2v) is 19.8. The Morgan fingerprint density at radius 1 is 0.477 bits per heavy atom. The number of rotatable bonds is 44. The first-order valence-corrected chi connectivity index (χ1v) is 27.6. The van der Waals surface area contributed by atoms with E-state index in [4.69, 9.17) is 18.5 Å². The van der Waals surface area contributed by atoms with Gasteiger partial charge in [0.15, 0.2) is 6.10 Å². The highest BCUT2D eigenvalue weighted by molar-refractivity contribution is 7.47. The lowest BCUT2D eigenvalue weighted by Crippen LogP contribution is -2.64. The number of unbranched alkanes of at least 4 members (excludes halogenated alkanes) is 28.